The molecular weight excluding hydrogens is 429 g/mol. The minimum Gasteiger partial charge on any atom is -0.408 e. The Morgan fingerprint density at radius 2 is 2.07 bits per heavy atom. The van der Waals surface area contributed by atoms with E-state index >= 15 is 0 Å². The molecule has 3 aromatic rings. The third-order valence-corrected chi connectivity index (χ3v) is 6.31. The van der Waals surface area contributed by atoms with E-state index in [0.717, 1.165) is 0 Å². The molecule has 13 heteroatoms. The van der Waals surface area contributed by atoms with Gasteiger partial charge in [-0.15, -0.1) is 0 Å². The standard InChI is InChI=1S/C17H17F3N4O5S/c1-23-13-8-10(2-3-14(13)29-16(23)25)30(26,27)21-5-6-24-12-4-7-28-9-11(12)15(22-24)17(18,19)20/h2-3,8,21H,4-7,9H2,1H3. The Bertz CT molecular complexity index is 1270. The van der Waals surface area contributed by atoms with Crippen LogP contribution in [-0.2, 0) is 47.6 Å². The van der Waals surface area contributed by atoms with Crippen LogP contribution in [0.1, 0.15) is 17.0 Å². The molecule has 0 spiro atoms. The molecule has 1 N–H and O–H groups in total. The van der Waals surface area contributed by atoms with Crippen molar-refractivity contribution in [1.29, 1.82) is 0 Å². The summed E-state index contributed by atoms with van der Waals surface area (Å²) < 4.78 is 79.6. The number of benzene rings is 1. The summed E-state index contributed by atoms with van der Waals surface area (Å²) in [7, 11) is -2.52. The van der Waals surface area contributed by atoms with Crippen molar-refractivity contribution < 1.29 is 30.7 Å². The number of fused-ring (bicyclic) bond motifs is 2. The maximum absolute atomic E-state index is 13.2. The first kappa shape index (κ1) is 20.6. The van der Waals surface area contributed by atoms with Crippen LogP contribution in [-0.4, -0.2) is 35.9 Å². The second kappa shape index (κ2) is 7.25. The summed E-state index contributed by atoms with van der Waals surface area (Å²) in [5, 5.41) is 3.64. The maximum Gasteiger partial charge on any atom is 0.435 e. The Labute approximate surface area is 168 Å². The van der Waals surface area contributed by atoms with E-state index in [1.165, 1.54) is 34.5 Å². The van der Waals surface area contributed by atoms with Crippen molar-refractivity contribution in [2.24, 2.45) is 7.05 Å². The van der Waals surface area contributed by atoms with Crippen LogP contribution in [0.2, 0.25) is 0 Å². The number of nitrogens with zero attached hydrogens (tertiary/aromatic N) is 3. The molecule has 30 heavy (non-hydrogen) atoms. The Morgan fingerprint density at radius 3 is 2.80 bits per heavy atom. The van der Waals surface area contributed by atoms with E-state index in [0.29, 0.717) is 11.2 Å². The highest BCUT2D eigenvalue weighted by Gasteiger charge is 2.39. The van der Waals surface area contributed by atoms with Crippen molar-refractivity contribution in [3.05, 3.63) is 45.7 Å². The first-order valence-electron chi connectivity index (χ1n) is 8.90. The normalized spacial score (nSPS) is 14.9. The van der Waals surface area contributed by atoms with Crippen molar-refractivity contribution in [1.82, 2.24) is 19.1 Å². The molecule has 0 saturated heterocycles. The van der Waals surface area contributed by atoms with E-state index in [4.69, 9.17) is 9.15 Å². The van der Waals surface area contributed by atoms with E-state index in [2.05, 4.69) is 9.82 Å². The van der Waals surface area contributed by atoms with Gasteiger partial charge in [0.15, 0.2) is 11.3 Å². The lowest BCUT2D eigenvalue weighted by molar-refractivity contribution is -0.142. The van der Waals surface area contributed by atoms with Crippen LogP contribution in [0.3, 0.4) is 0 Å². The number of rotatable bonds is 5. The first-order valence-corrected chi connectivity index (χ1v) is 10.4. The summed E-state index contributed by atoms with van der Waals surface area (Å²) in [5.41, 5.74) is -0.0812. The van der Waals surface area contributed by atoms with Gasteiger partial charge in [-0.25, -0.2) is 17.9 Å². The first-order chi connectivity index (χ1) is 14.1. The zero-order valence-corrected chi connectivity index (χ0v) is 16.5. The number of ether oxygens (including phenoxy) is 1. The quantitative estimate of drug-likeness (QED) is 0.635. The van der Waals surface area contributed by atoms with Crippen LogP contribution in [0.4, 0.5) is 13.2 Å². The smallest absolute Gasteiger partial charge is 0.408 e. The molecule has 1 aliphatic rings. The fourth-order valence-corrected chi connectivity index (χ4v) is 4.40. The highest BCUT2D eigenvalue weighted by Crippen LogP contribution is 2.34. The van der Waals surface area contributed by atoms with Crippen molar-refractivity contribution in [3.63, 3.8) is 0 Å². The molecule has 0 fully saturated rings. The van der Waals surface area contributed by atoms with Crippen molar-refractivity contribution in [3.8, 4) is 0 Å². The molecule has 162 valence electrons. The summed E-state index contributed by atoms with van der Waals surface area (Å²) in [6.07, 6.45) is -4.36. The molecule has 3 heterocycles. The lowest BCUT2D eigenvalue weighted by Gasteiger charge is -2.15. The summed E-state index contributed by atoms with van der Waals surface area (Å²) in [4.78, 5) is 11.5. The lowest BCUT2D eigenvalue weighted by Crippen LogP contribution is -2.28. The lowest BCUT2D eigenvalue weighted by atomic mass is 10.1. The summed E-state index contributed by atoms with van der Waals surface area (Å²) in [5.74, 6) is -0.625. The fourth-order valence-electron chi connectivity index (χ4n) is 3.36. The molecule has 0 atom stereocenters. The number of halogens is 3. The molecule has 2 aromatic heterocycles. The van der Waals surface area contributed by atoms with Crippen molar-refractivity contribution in [2.45, 2.75) is 30.6 Å². The van der Waals surface area contributed by atoms with Gasteiger partial charge in [-0.1, -0.05) is 0 Å². The van der Waals surface area contributed by atoms with Crippen LogP contribution in [0.15, 0.2) is 32.3 Å². The average molecular weight is 446 g/mol. The van der Waals surface area contributed by atoms with E-state index in [1.807, 2.05) is 0 Å². The van der Waals surface area contributed by atoms with Crippen molar-refractivity contribution in [2.75, 3.05) is 13.2 Å². The Hall–Kier alpha value is -2.64. The number of nitrogens with one attached hydrogen (secondary N) is 1. The SMILES string of the molecule is Cn1c(=O)oc2ccc(S(=O)(=O)NCCn3nc(C(F)(F)F)c4c3CCOC4)cc21. The van der Waals surface area contributed by atoms with Gasteiger partial charge in [0.25, 0.3) is 0 Å². The van der Waals surface area contributed by atoms with Gasteiger partial charge in [-0.2, -0.15) is 18.3 Å². The number of aromatic nitrogens is 3. The van der Waals surface area contributed by atoms with Gasteiger partial charge in [0.05, 0.1) is 30.2 Å². The monoisotopic (exact) mass is 446 g/mol. The molecule has 9 nitrogen and oxygen atoms in total. The third kappa shape index (κ3) is 3.63. The number of sulfonamides is 1. The molecule has 1 aliphatic heterocycles. The van der Waals surface area contributed by atoms with Gasteiger partial charge >= 0.3 is 11.9 Å². The number of alkyl halides is 3. The molecule has 0 bridgehead atoms. The van der Waals surface area contributed by atoms with E-state index in [1.54, 1.807) is 0 Å². The van der Waals surface area contributed by atoms with E-state index < -0.39 is 27.6 Å². The van der Waals surface area contributed by atoms with Gasteiger partial charge in [-0.05, 0) is 18.2 Å². The van der Waals surface area contributed by atoms with Crippen LogP contribution in [0, 0.1) is 0 Å². The topological polar surface area (TPSA) is 108 Å². The molecule has 0 aliphatic carbocycles. The Morgan fingerprint density at radius 1 is 1.30 bits per heavy atom. The van der Waals surface area contributed by atoms with Crippen molar-refractivity contribution >= 4 is 21.1 Å². The largest absolute Gasteiger partial charge is 0.435 e. The number of oxazole rings is 1. The zero-order chi connectivity index (χ0) is 21.7. The Balaban J connectivity index is 1.53. The molecule has 1 aromatic carbocycles. The molecule has 0 unspecified atom stereocenters. The maximum atomic E-state index is 13.2. The summed E-state index contributed by atoms with van der Waals surface area (Å²) in [6, 6.07) is 3.94. The average Bonchev–Trinajstić information content (AvgIpc) is 3.19. The van der Waals surface area contributed by atoms with Gasteiger partial charge in [0, 0.05) is 31.3 Å². The third-order valence-electron chi connectivity index (χ3n) is 4.85. The van der Waals surface area contributed by atoms with Crippen LogP contribution >= 0.6 is 0 Å². The molecule has 0 amide bonds. The number of aryl methyl sites for hydroxylation is 1. The molecule has 0 saturated carbocycles. The molecule has 0 radical (unpaired) electrons. The highest BCUT2D eigenvalue weighted by atomic mass is 32.2. The van der Waals surface area contributed by atoms with E-state index in [-0.39, 0.29) is 48.8 Å². The van der Waals surface area contributed by atoms with Gasteiger partial charge in [0.1, 0.15) is 0 Å². The predicted octanol–water partition coefficient (Wildman–Crippen LogP) is 1.40. The van der Waals surface area contributed by atoms with Gasteiger partial charge < -0.3 is 9.15 Å². The molecular formula is C17H17F3N4O5S. The zero-order valence-electron chi connectivity index (χ0n) is 15.7. The van der Waals surface area contributed by atoms with Gasteiger partial charge in [0.2, 0.25) is 10.0 Å². The minimum atomic E-state index is -4.62. The number of hydrogen-bond donors (Lipinski definition) is 1. The van der Waals surface area contributed by atoms with Crippen LogP contribution in [0.25, 0.3) is 11.1 Å². The minimum absolute atomic E-state index is 0.0112. The summed E-state index contributed by atoms with van der Waals surface area (Å²) >= 11 is 0. The second-order valence-corrected chi connectivity index (χ2v) is 8.52. The highest BCUT2D eigenvalue weighted by molar-refractivity contribution is 7.89. The van der Waals surface area contributed by atoms with Crippen LogP contribution < -0.4 is 10.5 Å². The molecule has 4 rings (SSSR count). The predicted molar refractivity (Wildman–Crippen MR) is 97.2 cm³/mol. The second-order valence-electron chi connectivity index (χ2n) is 6.75. The van der Waals surface area contributed by atoms with E-state index in [9.17, 15) is 26.4 Å². The summed E-state index contributed by atoms with van der Waals surface area (Å²) in [6.45, 7) is -0.161. The van der Waals surface area contributed by atoms with Crippen LogP contribution in [0.5, 0.6) is 0 Å². The Kier molecular flexibility index (Phi) is 4.98. The fraction of sp³-hybridized carbons (Fsp3) is 0.412. The van der Waals surface area contributed by atoms with Gasteiger partial charge in [-0.3, -0.25) is 9.25 Å². The number of hydrogen-bond acceptors (Lipinski definition) is 6.